The van der Waals surface area contributed by atoms with Crippen molar-refractivity contribution in [3.63, 3.8) is 0 Å². The van der Waals surface area contributed by atoms with Crippen molar-refractivity contribution in [3.05, 3.63) is 0 Å². The van der Waals surface area contributed by atoms with Crippen molar-refractivity contribution in [1.29, 1.82) is 0 Å². The Hall–Kier alpha value is -0.0800. The van der Waals surface area contributed by atoms with E-state index >= 15 is 0 Å². The third-order valence-electron chi connectivity index (χ3n) is 2.52. The maximum Gasteiger partial charge on any atom is 0.0229 e. The minimum absolute atomic E-state index is 0.807. The molecular formula is C9H20N2. The second-order valence-corrected chi connectivity index (χ2v) is 3.48. The fourth-order valence-corrected chi connectivity index (χ4v) is 1.61. The Kier molecular flexibility index (Phi) is 3.87. The standard InChI is InChI=1S/C9H20N2/c1-3-4-7-11(2)9-5-6-10-8-9/h9-10H,3-8H2,1-2H3. The van der Waals surface area contributed by atoms with Gasteiger partial charge in [0.2, 0.25) is 0 Å². The van der Waals surface area contributed by atoms with Gasteiger partial charge in [-0.1, -0.05) is 13.3 Å². The summed E-state index contributed by atoms with van der Waals surface area (Å²) in [5, 5.41) is 3.39. The van der Waals surface area contributed by atoms with E-state index in [9.17, 15) is 0 Å². The number of nitrogens with one attached hydrogen (secondary N) is 1. The highest BCUT2D eigenvalue weighted by atomic mass is 15.2. The quantitative estimate of drug-likeness (QED) is 0.655. The largest absolute Gasteiger partial charge is 0.315 e. The lowest BCUT2D eigenvalue weighted by atomic mass is 10.2. The van der Waals surface area contributed by atoms with E-state index in [4.69, 9.17) is 0 Å². The van der Waals surface area contributed by atoms with Crippen LogP contribution in [0.1, 0.15) is 26.2 Å². The summed E-state index contributed by atoms with van der Waals surface area (Å²) >= 11 is 0. The minimum atomic E-state index is 0.807. The number of rotatable bonds is 4. The van der Waals surface area contributed by atoms with Crippen molar-refractivity contribution in [2.24, 2.45) is 0 Å². The molecule has 0 radical (unpaired) electrons. The fraction of sp³-hybridized carbons (Fsp3) is 1.00. The van der Waals surface area contributed by atoms with Crippen molar-refractivity contribution in [1.82, 2.24) is 10.2 Å². The number of hydrogen-bond acceptors (Lipinski definition) is 2. The summed E-state index contributed by atoms with van der Waals surface area (Å²) < 4.78 is 0. The summed E-state index contributed by atoms with van der Waals surface area (Å²) in [6.45, 7) is 5.92. The molecule has 1 aliphatic rings. The first-order valence-corrected chi connectivity index (χ1v) is 4.75. The van der Waals surface area contributed by atoms with Gasteiger partial charge in [-0.25, -0.2) is 0 Å². The molecule has 2 heteroatoms. The normalized spacial score (nSPS) is 24.8. The molecule has 0 aromatic heterocycles. The van der Waals surface area contributed by atoms with Crippen LogP contribution in [0.3, 0.4) is 0 Å². The van der Waals surface area contributed by atoms with E-state index in [0.717, 1.165) is 6.04 Å². The third kappa shape index (κ3) is 2.80. The van der Waals surface area contributed by atoms with Crippen LogP contribution in [0.15, 0.2) is 0 Å². The van der Waals surface area contributed by atoms with Crippen LogP contribution in [-0.4, -0.2) is 37.6 Å². The molecule has 1 unspecified atom stereocenters. The second kappa shape index (κ2) is 4.73. The molecule has 1 saturated heterocycles. The Morgan fingerprint density at radius 1 is 1.55 bits per heavy atom. The van der Waals surface area contributed by atoms with Gasteiger partial charge in [0.05, 0.1) is 0 Å². The van der Waals surface area contributed by atoms with Gasteiger partial charge >= 0.3 is 0 Å². The first-order chi connectivity index (χ1) is 5.34. The number of nitrogens with zero attached hydrogens (tertiary/aromatic N) is 1. The molecule has 0 spiro atoms. The van der Waals surface area contributed by atoms with E-state index in [1.54, 1.807) is 0 Å². The molecule has 1 heterocycles. The topological polar surface area (TPSA) is 15.3 Å². The molecule has 0 bridgehead atoms. The maximum absolute atomic E-state index is 3.39. The highest BCUT2D eigenvalue weighted by Crippen LogP contribution is 2.06. The molecule has 0 amide bonds. The first kappa shape index (κ1) is 9.01. The van der Waals surface area contributed by atoms with Crippen LogP contribution in [0.4, 0.5) is 0 Å². The van der Waals surface area contributed by atoms with Crippen molar-refractivity contribution in [2.75, 3.05) is 26.7 Å². The SMILES string of the molecule is CCCCN(C)C1CCNC1. The van der Waals surface area contributed by atoms with Gasteiger partial charge in [0.1, 0.15) is 0 Å². The van der Waals surface area contributed by atoms with Gasteiger partial charge in [0, 0.05) is 12.6 Å². The van der Waals surface area contributed by atoms with E-state index in [0.29, 0.717) is 0 Å². The number of likely N-dealkylation sites (N-methyl/N-ethyl adjacent to an activating group) is 1. The average molecular weight is 156 g/mol. The molecule has 1 aliphatic heterocycles. The van der Waals surface area contributed by atoms with Gasteiger partial charge in [-0.05, 0) is 33.0 Å². The highest BCUT2D eigenvalue weighted by molar-refractivity contribution is 4.78. The molecule has 0 aromatic rings. The minimum Gasteiger partial charge on any atom is -0.315 e. The van der Waals surface area contributed by atoms with Gasteiger partial charge in [-0.3, -0.25) is 0 Å². The molecule has 1 atom stereocenters. The summed E-state index contributed by atoms with van der Waals surface area (Å²) in [6.07, 6.45) is 3.98. The van der Waals surface area contributed by atoms with Crippen molar-refractivity contribution < 1.29 is 0 Å². The lowest BCUT2D eigenvalue weighted by Gasteiger charge is -2.22. The predicted octanol–water partition coefficient (Wildman–Crippen LogP) is 1.08. The number of unbranched alkanes of at least 4 members (excludes halogenated alkanes) is 1. The Balaban J connectivity index is 2.12. The summed E-state index contributed by atoms with van der Waals surface area (Å²) in [7, 11) is 2.24. The van der Waals surface area contributed by atoms with Crippen LogP contribution in [0.25, 0.3) is 0 Å². The van der Waals surface area contributed by atoms with Gasteiger partial charge in [0.25, 0.3) is 0 Å². The molecule has 0 saturated carbocycles. The predicted molar refractivity (Wildman–Crippen MR) is 48.8 cm³/mol. The highest BCUT2D eigenvalue weighted by Gasteiger charge is 2.17. The van der Waals surface area contributed by atoms with Crippen LogP contribution in [-0.2, 0) is 0 Å². The van der Waals surface area contributed by atoms with Gasteiger partial charge in [0.15, 0.2) is 0 Å². The van der Waals surface area contributed by atoms with Crippen LogP contribution in [0.5, 0.6) is 0 Å². The second-order valence-electron chi connectivity index (χ2n) is 3.48. The first-order valence-electron chi connectivity index (χ1n) is 4.75. The number of hydrogen-bond donors (Lipinski definition) is 1. The van der Waals surface area contributed by atoms with Crippen LogP contribution >= 0.6 is 0 Å². The average Bonchev–Trinajstić information content (AvgIpc) is 2.52. The van der Waals surface area contributed by atoms with Gasteiger partial charge in [-0.2, -0.15) is 0 Å². The monoisotopic (exact) mass is 156 g/mol. The van der Waals surface area contributed by atoms with Gasteiger partial charge in [-0.15, -0.1) is 0 Å². The molecule has 11 heavy (non-hydrogen) atoms. The Morgan fingerprint density at radius 2 is 2.36 bits per heavy atom. The zero-order valence-electron chi connectivity index (χ0n) is 7.77. The summed E-state index contributed by atoms with van der Waals surface area (Å²) in [5.74, 6) is 0. The molecular weight excluding hydrogens is 136 g/mol. The van der Waals surface area contributed by atoms with E-state index < -0.39 is 0 Å². The molecule has 1 rings (SSSR count). The van der Waals surface area contributed by atoms with Crippen LogP contribution in [0.2, 0.25) is 0 Å². The summed E-state index contributed by atoms with van der Waals surface area (Å²) in [6, 6.07) is 0.807. The van der Waals surface area contributed by atoms with E-state index in [2.05, 4.69) is 24.2 Å². The molecule has 0 aliphatic carbocycles. The van der Waals surface area contributed by atoms with E-state index in [-0.39, 0.29) is 0 Å². The van der Waals surface area contributed by atoms with E-state index in [1.807, 2.05) is 0 Å². The van der Waals surface area contributed by atoms with Gasteiger partial charge < -0.3 is 10.2 Å². The Morgan fingerprint density at radius 3 is 2.91 bits per heavy atom. The lowest BCUT2D eigenvalue weighted by molar-refractivity contribution is 0.253. The molecule has 66 valence electrons. The Labute approximate surface area is 70.0 Å². The third-order valence-corrected chi connectivity index (χ3v) is 2.52. The fourth-order valence-electron chi connectivity index (χ4n) is 1.61. The van der Waals surface area contributed by atoms with Crippen LogP contribution in [0, 0.1) is 0 Å². The Bertz CT molecular complexity index is 97.7. The molecule has 2 nitrogen and oxygen atoms in total. The maximum atomic E-state index is 3.39. The van der Waals surface area contributed by atoms with Crippen molar-refractivity contribution >= 4 is 0 Å². The smallest absolute Gasteiger partial charge is 0.0229 e. The molecule has 0 aromatic carbocycles. The van der Waals surface area contributed by atoms with Crippen LogP contribution < -0.4 is 5.32 Å². The molecule has 1 fully saturated rings. The van der Waals surface area contributed by atoms with Crippen molar-refractivity contribution in [3.8, 4) is 0 Å². The zero-order chi connectivity index (χ0) is 8.10. The summed E-state index contributed by atoms with van der Waals surface area (Å²) in [4.78, 5) is 2.49. The van der Waals surface area contributed by atoms with Crippen molar-refractivity contribution in [2.45, 2.75) is 32.2 Å². The summed E-state index contributed by atoms with van der Waals surface area (Å²) in [5.41, 5.74) is 0. The van der Waals surface area contributed by atoms with E-state index in [1.165, 1.54) is 38.9 Å². The molecule has 1 N–H and O–H groups in total. The lowest BCUT2D eigenvalue weighted by Crippen LogP contribution is -2.33. The zero-order valence-corrected chi connectivity index (χ0v) is 7.77.